The van der Waals surface area contributed by atoms with Crippen LogP contribution in [0.1, 0.15) is 43.5 Å². The van der Waals surface area contributed by atoms with E-state index in [0.29, 0.717) is 27.8 Å². The Morgan fingerprint density at radius 1 is 1.21 bits per heavy atom. The van der Waals surface area contributed by atoms with Gasteiger partial charge in [0.15, 0.2) is 5.16 Å². The standard InChI is InChI=1S/C15H14N6O2S/c22-21(23)14-13(16-11-3-1-2-8-19(11)14)24-15-18-17-12(9-4-5-9)20(15)10-6-7-10/h1-3,8-10H,4-7H2. The van der Waals surface area contributed by atoms with Crippen molar-refractivity contribution in [3.63, 3.8) is 0 Å². The van der Waals surface area contributed by atoms with Crippen LogP contribution < -0.4 is 0 Å². The molecule has 122 valence electrons. The van der Waals surface area contributed by atoms with Gasteiger partial charge < -0.3 is 14.7 Å². The van der Waals surface area contributed by atoms with E-state index in [9.17, 15) is 10.1 Å². The van der Waals surface area contributed by atoms with Gasteiger partial charge in [0.2, 0.25) is 10.7 Å². The second-order valence-corrected chi connectivity index (χ2v) is 7.20. The lowest BCUT2D eigenvalue weighted by Crippen LogP contribution is -2.02. The van der Waals surface area contributed by atoms with Gasteiger partial charge in [-0.15, -0.1) is 10.2 Å². The molecule has 8 nitrogen and oxygen atoms in total. The Morgan fingerprint density at radius 2 is 2.04 bits per heavy atom. The molecule has 3 heterocycles. The minimum Gasteiger partial charge on any atom is -0.358 e. The smallest absolute Gasteiger partial charge is 0.358 e. The molecule has 5 rings (SSSR count). The fourth-order valence-electron chi connectivity index (χ4n) is 2.94. The van der Waals surface area contributed by atoms with E-state index in [1.807, 2.05) is 6.07 Å². The molecule has 2 aliphatic rings. The van der Waals surface area contributed by atoms with Crippen LogP contribution in [-0.2, 0) is 0 Å². The summed E-state index contributed by atoms with van der Waals surface area (Å²) in [6.45, 7) is 0. The van der Waals surface area contributed by atoms with Crippen molar-refractivity contribution < 1.29 is 4.92 Å². The molecule has 2 aliphatic carbocycles. The normalized spacial score (nSPS) is 17.5. The molecule has 0 N–H and O–H groups in total. The van der Waals surface area contributed by atoms with Crippen LogP contribution in [0.4, 0.5) is 5.82 Å². The van der Waals surface area contributed by atoms with Gasteiger partial charge in [-0.25, -0.2) is 0 Å². The van der Waals surface area contributed by atoms with E-state index < -0.39 is 0 Å². The summed E-state index contributed by atoms with van der Waals surface area (Å²) in [4.78, 5) is 15.6. The zero-order valence-corrected chi connectivity index (χ0v) is 13.5. The second-order valence-electron chi connectivity index (χ2n) is 6.24. The molecule has 3 aromatic rings. The van der Waals surface area contributed by atoms with Crippen LogP contribution in [0.15, 0.2) is 34.6 Å². The summed E-state index contributed by atoms with van der Waals surface area (Å²) < 4.78 is 3.68. The highest BCUT2D eigenvalue weighted by Gasteiger charge is 2.37. The highest BCUT2D eigenvalue weighted by Crippen LogP contribution is 2.47. The van der Waals surface area contributed by atoms with Crippen LogP contribution in [0.5, 0.6) is 0 Å². The predicted molar refractivity (Wildman–Crippen MR) is 86.2 cm³/mol. The average molecular weight is 342 g/mol. The minimum absolute atomic E-state index is 0.0195. The summed E-state index contributed by atoms with van der Waals surface area (Å²) in [6.07, 6.45) is 6.22. The first-order valence-corrected chi connectivity index (χ1v) is 8.78. The van der Waals surface area contributed by atoms with Crippen molar-refractivity contribution in [2.45, 2.75) is 47.8 Å². The molecule has 0 spiro atoms. The van der Waals surface area contributed by atoms with Gasteiger partial charge in [0.05, 0.1) is 6.20 Å². The lowest BCUT2D eigenvalue weighted by atomic mass is 10.4. The second kappa shape index (κ2) is 5.04. The number of pyridine rings is 1. The first-order valence-electron chi connectivity index (χ1n) is 7.96. The van der Waals surface area contributed by atoms with E-state index in [1.54, 1.807) is 18.3 Å². The molecule has 0 aromatic carbocycles. The van der Waals surface area contributed by atoms with E-state index in [1.165, 1.54) is 16.2 Å². The maximum absolute atomic E-state index is 11.5. The minimum atomic E-state index is -0.387. The maximum atomic E-state index is 11.5. The van der Waals surface area contributed by atoms with Crippen molar-refractivity contribution in [1.82, 2.24) is 24.1 Å². The van der Waals surface area contributed by atoms with Crippen LogP contribution in [0.25, 0.3) is 5.65 Å². The molecule has 2 saturated carbocycles. The number of fused-ring (bicyclic) bond motifs is 1. The molecule has 24 heavy (non-hydrogen) atoms. The van der Waals surface area contributed by atoms with Gasteiger partial charge in [-0.2, -0.15) is 9.38 Å². The molecule has 0 aliphatic heterocycles. The van der Waals surface area contributed by atoms with Gasteiger partial charge in [0.25, 0.3) is 0 Å². The Balaban J connectivity index is 1.60. The largest absolute Gasteiger partial charge is 0.362 e. The van der Waals surface area contributed by atoms with E-state index in [2.05, 4.69) is 19.7 Å². The summed E-state index contributed by atoms with van der Waals surface area (Å²) in [5.41, 5.74) is 0.562. The van der Waals surface area contributed by atoms with Crippen molar-refractivity contribution in [1.29, 1.82) is 0 Å². The van der Waals surface area contributed by atoms with E-state index >= 15 is 0 Å². The molecular weight excluding hydrogens is 328 g/mol. The average Bonchev–Trinajstić information content (AvgIpc) is 3.49. The van der Waals surface area contributed by atoms with Gasteiger partial charge in [-0.3, -0.25) is 0 Å². The third-order valence-corrected chi connectivity index (χ3v) is 5.31. The van der Waals surface area contributed by atoms with Crippen LogP contribution in [-0.4, -0.2) is 29.1 Å². The monoisotopic (exact) mass is 342 g/mol. The maximum Gasteiger partial charge on any atom is 0.362 e. The lowest BCUT2D eigenvalue weighted by Gasteiger charge is -2.06. The molecule has 0 amide bonds. The molecule has 2 fully saturated rings. The molecule has 0 bridgehead atoms. The number of nitro groups is 1. The summed E-state index contributed by atoms with van der Waals surface area (Å²) in [6, 6.07) is 5.78. The Bertz CT molecular complexity index is 956. The number of nitrogens with zero attached hydrogens (tertiary/aromatic N) is 6. The van der Waals surface area contributed by atoms with Gasteiger partial charge in [0.1, 0.15) is 5.82 Å². The highest BCUT2D eigenvalue weighted by atomic mass is 32.2. The van der Waals surface area contributed by atoms with Gasteiger partial charge in [0, 0.05) is 18.0 Å². The lowest BCUT2D eigenvalue weighted by molar-refractivity contribution is -0.393. The zero-order chi connectivity index (χ0) is 16.3. The van der Waals surface area contributed by atoms with Gasteiger partial charge in [-0.05, 0) is 48.4 Å². The molecule has 0 saturated heterocycles. The van der Waals surface area contributed by atoms with Crippen molar-refractivity contribution in [2.24, 2.45) is 0 Å². The summed E-state index contributed by atoms with van der Waals surface area (Å²) in [5, 5.41) is 21.3. The SMILES string of the molecule is O=[N+]([O-])c1c(Sc2nnc(C3CC3)n2C2CC2)nc2ccccn12. The first kappa shape index (κ1) is 14.0. The summed E-state index contributed by atoms with van der Waals surface area (Å²) >= 11 is 1.24. The quantitative estimate of drug-likeness (QED) is 0.522. The molecule has 0 radical (unpaired) electrons. The number of rotatable bonds is 5. The van der Waals surface area contributed by atoms with Gasteiger partial charge in [-0.1, -0.05) is 6.07 Å². The molecule has 0 unspecified atom stereocenters. The highest BCUT2D eigenvalue weighted by molar-refractivity contribution is 7.99. The topological polar surface area (TPSA) is 91.1 Å². The van der Waals surface area contributed by atoms with Gasteiger partial charge >= 0.3 is 5.82 Å². The Kier molecular flexibility index (Phi) is 2.93. The van der Waals surface area contributed by atoms with Crippen molar-refractivity contribution in [3.05, 3.63) is 40.3 Å². The molecule has 0 atom stereocenters. The number of hydrogen-bond donors (Lipinski definition) is 0. The van der Waals surface area contributed by atoms with Crippen LogP contribution in [0.2, 0.25) is 0 Å². The molecule has 3 aromatic heterocycles. The fraction of sp³-hybridized carbons (Fsp3) is 0.400. The Hall–Kier alpha value is -2.42. The Labute approximate surface area is 141 Å². The molecule has 9 heteroatoms. The van der Waals surface area contributed by atoms with E-state index in [0.717, 1.165) is 31.5 Å². The van der Waals surface area contributed by atoms with E-state index in [4.69, 9.17) is 0 Å². The van der Waals surface area contributed by atoms with Crippen LogP contribution in [0, 0.1) is 10.1 Å². The fourth-order valence-corrected chi connectivity index (χ4v) is 3.94. The van der Waals surface area contributed by atoms with Crippen molar-refractivity contribution >= 4 is 23.2 Å². The summed E-state index contributed by atoms with van der Waals surface area (Å²) in [7, 11) is 0. The number of hydrogen-bond acceptors (Lipinski definition) is 6. The summed E-state index contributed by atoms with van der Waals surface area (Å²) in [5.74, 6) is 1.52. The van der Waals surface area contributed by atoms with E-state index in [-0.39, 0.29) is 10.7 Å². The predicted octanol–water partition coefficient (Wildman–Crippen LogP) is 3.20. The first-order chi connectivity index (χ1) is 11.7. The van der Waals surface area contributed by atoms with Crippen LogP contribution in [0.3, 0.4) is 0 Å². The van der Waals surface area contributed by atoms with Crippen molar-refractivity contribution in [2.75, 3.05) is 0 Å². The number of imidazole rings is 1. The van der Waals surface area contributed by atoms with Crippen molar-refractivity contribution in [3.8, 4) is 0 Å². The molecular formula is C15H14N6O2S. The number of aromatic nitrogens is 5. The zero-order valence-electron chi connectivity index (χ0n) is 12.7. The third kappa shape index (κ3) is 2.19. The Morgan fingerprint density at radius 3 is 2.75 bits per heavy atom. The third-order valence-electron chi connectivity index (χ3n) is 4.38. The van der Waals surface area contributed by atoms with Crippen LogP contribution >= 0.6 is 11.8 Å².